The van der Waals surface area contributed by atoms with Crippen LogP contribution < -0.4 is 16.0 Å². The molecule has 0 fully saturated rings. The molecule has 0 unspecified atom stereocenters. The summed E-state index contributed by atoms with van der Waals surface area (Å²) in [4.78, 5) is 15.4. The van der Waals surface area contributed by atoms with Crippen molar-refractivity contribution in [3.05, 3.63) is 59.2 Å². The number of nitriles is 1. The number of carbonyl (C=O) groups is 1. The van der Waals surface area contributed by atoms with E-state index in [4.69, 9.17) is 15.8 Å². The summed E-state index contributed by atoms with van der Waals surface area (Å²) < 4.78 is 18.8. The zero-order valence-electron chi connectivity index (χ0n) is 10.8. The van der Waals surface area contributed by atoms with Crippen LogP contribution in [0.15, 0.2) is 36.4 Å². The van der Waals surface area contributed by atoms with E-state index < -0.39 is 11.7 Å². The quantitative estimate of drug-likeness (QED) is 0.501. The average Bonchev–Trinajstić information content (AvgIpc) is 2.52. The molecule has 7 heteroatoms. The van der Waals surface area contributed by atoms with E-state index in [1.54, 1.807) is 18.2 Å². The monoisotopic (exact) mass is 286 g/mol. The number of amides is 1. The van der Waals surface area contributed by atoms with Crippen molar-refractivity contribution in [3.63, 3.8) is 0 Å². The van der Waals surface area contributed by atoms with Gasteiger partial charge < -0.3 is 4.74 Å². The zero-order valence-corrected chi connectivity index (χ0v) is 10.8. The third-order valence-corrected chi connectivity index (χ3v) is 2.62. The number of hydrazine groups is 1. The van der Waals surface area contributed by atoms with Crippen LogP contribution in [0.3, 0.4) is 0 Å². The topological polar surface area (TPSA) is 101 Å². The number of halogens is 1. The summed E-state index contributed by atoms with van der Waals surface area (Å²) >= 11 is 0. The number of rotatable bonds is 4. The van der Waals surface area contributed by atoms with Gasteiger partial charge in [-0.3, -0.25) is 10.2 Å². The van der Waals surface area contributed by atoms with Crippen molar-refractivity contribution in [2.24, 2.45) is 5.84 Å². The summed E-state index contributed by atoms with van der Waals surface area (Å²) in [5, 5.41) is 8.63. The van der Waals surface area contributed by atoms with Gasteiger partial charge in [0.1, 0.15) is 29.9 Å². The molecule has 0 atom stereocenters. The van der Waals surface area contributed by atoms with Crippen molar-refractivity contribution in [2.75, 3.05) is 0 Å². The highest BCUT2D eigenvalue weighted by atomic mass is 19.1. The summed E-state index contributed by atoms with van der Waals surface area (Å²) in [6.07, 6.45) is 0. The average molecular weight is 286 g/mol. The molecule has 2 aromatic rings. The largest absolute Gasteiger partial charge is 0.487 e. The van der Waals surface area contributed by atoms with Gasteiger partial charge in [0, 0.05) is 6.07 Å². The number of hydrogen-bond acceptors (Lipinski definition) is 5. The number of hydrogen-bond donors (Lipinski definition) is 2. The number of aromatic nitrogens is 1. The Morgan fingerprint density at radius 3 is 2.90 bits per heavy atom. The summed E-state index contributed by atoms with van der Waals surface area (Å²) in [5.74, 6) is 4.12. The van der Waals surface area contributed by atoms with Crippen molar-refractivity contribution < 1.29 is 13.9 Å². The van der Waals surface area contributed by atoms with E-state index in [1.165, 1.54) is 18.2 Å². The molecule has 0 radical (unpaired) electrons. The van der Waals surface area contributed by atoms with Gasteiger partial charge in [-0.1, -0.05) is 6.07 Å². The van der Waals surface area contributed by atoms with Crippen LogP contribution in [0.25, 0.3) is 0 Å². The zero-order chi connectivity index (χ0) is 15.2. The van der Waals surface area contributed by atoms with Crippen LogP contribution in [0.2, 0.25) is 0 Å². The van der Waals surface area contributed by atoms with E-state index in [0.29, 0.717) is 5.69 Å². The molecular formula is C14H11FN4O2. The number of ether oxygens (including phenoxy) is 1. The number of pyridine rings is 1. The lowest BCUT2D eigenvalue weighted by Crippen LogP contribution is -2.30. The second-order valence-corrected chi connectivity index (χ2v) is 4.03. The van der Waals surface area contributed by atoms with E-state index in [9.17, 15) is 9.18 Å². The minimum atomic E-state index is -0.654. The van der Waals surface area contributed by atoms with Gasteiger partial charge in [0.05, 0.1) is 11.3 Å². The van der Waals surface area contributed by atoms with Gasteiger partial charge in [-0.25, -0.2) is 15.2 Å². The molecule has 106 valence electrons. The van der Waals surface area contributed by atoms with Gasteiger partial charge in [0.2, 0.25) is 0 Å². The molecule has 0 aliphatic heterocycles. The smallest absolute Gasteiger partial charge is 0.283 e. The van der Waals surface area contributed by atoms with Crippen molar-refractivity contribution in [3.8, 4) is 11.8 Å². The fourth-order valence-electron chi connectivity index (χ4n) is 1.59. The van der Waals surface area contributed by atoms with E-state index in [-0.39, 0.29) is 23.6 Å². The van der Waals surface area contributed by atoms with E-state index in [0.717, 1.165) is 6.07 Å². The van der Waals surface area contributed by atoms with Gasteiger partial charge in [-0.15, -0.1) is 0 Å². The van der Waals surface area contributed by atoms with Crippen molar-refractivity contribution in [1.82, 2.24) is 10.4 Å². The molecule has 0 bridgehead atoms. The van der Waals surface area contributed by atoms with Gasteiger partial charge >= 0.3 is 0 Å². The molecule has 0 saturated carbocycles. The predicted molar refractivity (Wildman–Crippen MR) is 71.3 cm³/mol. The van der Waals surface area contributed by atoms with Gasteiger partial charge in [0.25, 0.3) is 5.91 Å². The minimum Gasteiger partial charge on any atom is -0.487 e. The first-order chi connectivity index (χ1) is 10.1. The fraction of sp³-hybridized carbons (Fsp3) is 0.0714. The molecule has 0 aliphatic rings. The molecule has 1 heterocycles. The fourth-order valence-corrected chi connectivity index (χ4v) is 1.59. The van der Waals surface area contributed by atoms with Crippen molar-refractivity contribution in [2.45, 2.75) is 6.61 Å². The van der Waals surface area contributed by atoms with Gasteiger partial charge in [-0.05, 0) is 24.3 Å². The highest BCUT2D eigenvalue weighted by Crippen LogP contribution is 2.17. The summed E-state index contributed by atoms with van der Waals surface area (Å²) in [6, 6.07) is 10.5. The second-order valence-electron chi connectivity index (χ2n) is 4.03. The second kappa shape index (κ2) is 6.45. The molecule has 0 spiro atoms. The number of nitrogens with two attached hydrogens (primary N) is 1. The standard InChI is InChI=1S/C14H11FN4O2/c15-12-6-11(5-4-9(12)7-16)21-8-10-2-1-3-13(18-10)14(20)19-17/h1-6H,8,17H2,(H,19,20). The molecule has 1 aromatic carbocycles. The molecule has 6 nitrogen and oxygen atoms in total. The van der Waals surface area contributed by atoms with Crippen molar-refractivity contribution >= 4 is 5.91 Å². The Balaban J connectivity index is 2.08. The third-order valence-electron chi connectivity index (χ3n) is 2.62. The Kier molecular flexibility index (Phi) is 4.43. The Labute approximate surface area is 119 Å². The van der Waals surface area contributed by atoms with Crippen molar-refractivity contribution in [1.29, 1.82) is 5.26 Å². The van der Waals surface area contributed by atoms with Crippen LogP contribution in [-0.2, 0) is 6.61 Å². The van der Waals surface area contributed by atoms with Gasteiger partial charge in [0.15, 0.2) is 0 Å². The number of carbonyl (C=O) groups excluding carboxylic acids is 1. The predicted octanol–water partition coefficient (Wildman–Crippen LogP) is 1.27. The Morgan fingerprint density at radius 1 is 1.43 bits per heavy atom. The maximum atomic E-state index is 13.4. The first kappa shape index (κ1) is 14.4. The normalized spacial score (nSPS) is 9.76. The molecular weight excluding hydrogens is 275 g/mol. The number of benzene rings is 1. The van der Waals surface area contributed by atoms with Crippen LogP contribution in [0, 0.1) is 17.1 Å². The molecule has 0 aliphatic carbocycles. The van der Waals surface area contributed by atoms with Crippen LogP contribution in [-0.4, -0.2) is 10.9 Å². The van der Waals surface area contributed by atoms with E-state index in [1.807, 2.05) is 5.43 Å². The maximum Gasteiger partial charge on any atom is 0.283 e. The first-order valence-corrected chi connectivity index (χ1v) is 5.93. The summed E-state index contributed by atoms with van der Waals surface area (Å²) in [7, 11) is 0. The minimum absolute atomic E-state index is 0.0526. The number of nitrogens with zero attached hydrogens (tertiary/aromatic N) is 2. The lowest BCUT2D eigenvalue weighted by atomic mass is 10.2. The van der Waals surface area contributed by atoms with E-state index in [2.05, 4.69) is 4.98 Å². The molecule has 21 heavy (non-hydrogen) atoms. The summed E-state index contributed by atoms with van der Waals surface area (Å²) in [5.41, 5.74) is 2.57. The Morgan fingerprint density at radius 2 is 2.24 bits per heavy atom. The maximum absolute atomic E-state index is 13.4. The molecule has 1 amide bonds. The van der Waals surface area contributed by atoms with Crippen LogP contribution in [0.1, 0.15) is 21.7 Å². The molecule has 1 aromatic heterocycles. The Hall–Kier alpha value is -2.98. The number of nitrogen functional groups attached to an aromatic ring is 1. The molecule has 2 rings (SSSR count). The first-order valence-electron chi connectivity index (χ1n) is 5.93. The van der Waals surface area contributed by atoms with Crippen LogP contribution in [0.4, 0.5) is 4.39 Å². The van der Waals surface area contributed by atoms with E-state index >= 15 is 0 Å². The molecule has 3 N–H and O–H groups in total. The lowest BCUT2D eigenvalue weighted by Gasteiger charge is -2.07. The Bertz CT molecular complexity index is 712. The lowest BCUT2D eigenvalue weighted by molar-refractivity contribution is 0.0948. The van der Waals surface area contributed by atoms with Crippen LogP contribution in [0.5, 0.6) is 5.75 Å². The highest BCUT2D eigenvalue weighted by molar-refractivity contribution is 5.91. The highest BCUT2D eigenvalue weighted by Gasteiger charge is 2.07. The van der Waals surface area contributed by atoms with Gasteiger partial charge in [-0.2, -0.15) is 5.26 Å². The molecule has 0 saturated heterocycles. The van der Waals surface area contributed by atoms with Crippen LogP contribution >= 0.6 is 0 Å². The SMILES string of the molecule is N#Cc1ccc(OCc2cccc(C(=O)NN)n2)cc1F. The third kappa shape index (κ3) is 3.52. The summed E-state index contributed by atoms with van der Waals surface area (Å²) in [6.45, 7) is 0.0526. The number of nitrogens with one attached hydrogen (secondary N) is 1.